The molecular formula is C10H11ClN4O. The van der Waals surface area contributed by atoms with E-state index in [0.717, 1.165) is 5.56 Å². The van der Waals surface area contributed by atoms with Gasteiger partial charge in [-0.1, -0.05) is 30.3 Å². The topological polar surface area (TPSA) is 90.4 Å². The van der Waals surface area contributed by atoms with Crippen LogP contribution in [0.3, 0.4) is 0 Å². The zero-order chi connectivity index (χ0) is 10.7. The molecule has 2 rings (SSSR count). The number of benzene rings is 1. The Morgan fingerprint density at radius 1 is 1.19 bits per heavy atom. The van der Waals surface area contributed by atoms with Crippen LogP contribution in [0.2, 0.25) is 0 Å². The Hall–Kier alpha value is -2.01. The average molecular weight is 239 g/mol. The Balaban J connectivity index is 0.00000128. The predicted octanol–water partition coefficient (Wildman–Crippen LogP) is 1.67. The van der Waals surface area contributed by atoms with Crippen LogP contribution < -0.4 is 11.5 Å². The van der Waals surface area contributed by atoms with E-state index in [1.54, 1.807) is 0 Å². The van der Waals surface area contributed by atoms with Crippen molar-refractivity contribution in [1.29, 1.82) is 0 Å². The summed E-state index contributed by atoms with van der Waals surface area (Å²) < 4.78 is 5.07. The molecule has 1 heterocycles. The number of nitrogens with zero attached hydrogens (tertiary/aromatic N) is 2. The maximum absolute atomic E-state index is 5.20. The molecule has 4 N–H and O–H groups in total. The minimum Gasteiger partial charge on any atom is -0.430 e. The van der Waals surface area contributed by atoms with E-state index in [4.69, 9.17) is 15.9 Å². The van der Waals surface area contributed by atoms with Gasteiger partial charge in [0, 0.05) is 5.56 Å². The fourth-order valence-electron chi connectivity index (χ4n) is 1.17. The molecule has 0 atom stereocenters. The van der Waals surface area contributed by atoms with Gasteiger partial charge in [0.1, 0.15) is 12.0 Å². The van der Waals surface area contributed by atoms with Crippen LogP contribution in [0.4, 0.5) is 6.01 Å². The van der Waals surface area contributed by atoms with Gasteiger partial charge in [0.05, 0.1) is 0 Å². The molecule has 0 fully saturated rings. The van der Waals surface area contributed by atoms with Crippen LogP contribution >= 0.6 is 12.4 Å². The van der Waals surface area contributed by atoms with Gasteiger partial charge in [-0.25, -0.2) is 0 Å². The van der Waals surface area contributed by atoms with E-state index in [0.29, 0.717) is 5.69 Å². The van der Waals surface area contributed by atoms with E-state index >= 15 is 0 Å². The number of oxazole rings is 1. The van der Waals surface area contributed by atoms with Crippen molar-refractivity contribution in [3.63, 3.8) is 0 Å². The first-order valence-corrected chi connectivity index (χ1v) is 4.36. The Kier molecular flexibility index (Phi) is 3.90. The van der Waals surface area contributed by atoms with Crippen molar-refractivity contribution >= 4 is 24.4 Å². The second kappa shape index (κ2) is 5.18. The molecule has 84 valence electrons. The lowest BCUT2D eigenvalue weighted by atomic mass is 10.2. The van der Waals surface area contributed by atoms with Gasteiger partial charge in [0.15, 0.2) is 5.96 Å². The Morgan fingerprint density at radius 3 is 2.50 bits per heavy atom. The number of hydrogen-bond acceptors (Lipinski definition) is 3. The zero-order valence-electron chi connectivity index (χ0n) is 8.33. The third-order valence-corrected chi connectivity index (χ3v) is 1.79. The molecule has 0 radical (unpaired) electrons. The van der Waals surface area contributed by atoms with E-state index in [-0.39, 0.29) is 24.4 Å². The summed E-state index contributed by atoms with van der Waals surface area (Å²) in [5.41, 5.74) is 12.1. The monoisotopic (exact) mass is 238 g/mol. The van der Waals surface area contributed by atoms with Crippen LogP contribution in [-0.4, -0.2) is 10.9 Å². The Bertz CT molecular complexity index is 477. The van der Waals surface area contributed by atoms with Crippen LogP contribution in [0, 0.1) is 0 Å². The minimum absolute atomic E-state index is 0. The number of aliphatic imine (C=N–C) groups is 1. The van der Waals surface area contributed by atoms with Gasteiger partial charge in [-0.05, 0) is 0 Å². The van der Waals surface area contributed by atoms with Gasteiger partial charge in [0.25, 0.3) is 0 Å². The molecule has 0 aliphatic heterocycles. The first-order valence-electron chi connectivity index (χ1n) is 4.36. The van der Waals surface area contributed by atoms with Gasteiger partial charge in [-0.3, -0.25) is 0 Å². The lowest BCUT2D eigenvalue weighted by molar-refractivity contribution is 0.570. The SMILES string of the molecule is Cl.NC(N)=Nc1nc(-c2ccccc2)co1. The second-order valence-corrected chi connectivity index (χ2v) is 2.92. The van der Waals surface area contributed by atoms with Crippen LogP contribution in [0.1, 0.15) is 0 Å². The average Bonchev–Trinajstić information content (AvgIpc) is 2.67. The molecule has 1 aromatic carbocycles. The van der Waals surface area contributed by atoms with E-state index in [2.05, 4.69) is 9.98 Å². The van der Waals surface area contributed by atoms with Crippen molar-refractivity contribution < 1.29 is 4.42 Å². The molecule has 16 heavy (non-hydrogen) atoms. The highest BCUT2D eigenvalue weighted by molar-refractivity contribution is 5.85. The summed E-state index contributed by atoms with van der Waals surface area (Å²) in [4.78, 5) is 7.81. The third kappa shape index (κ3) is 2.74. The number of guanidine groups is 1. The van der Waals surface area contributed by atoms with Crippen molar-refractivity contribution in [1.82, 2.24) is 4.98 Å². The molecule has 0 amide bonds. The normalized spacial score (nSPS) is 9.25. The molecule has 0 bridgehead atoms. The highest BCUT2D eigenvalue weighted by Gasteiger charge is 2.04. The van der Waals surface area contributed by atoms with Crippen molar-refractivity contribution in [2.75, 3.05) is 0 Å². The summed E-state index contributed by atoms with van der Waals surface area (Å²) in [5.74, 6) is -0.0727. The largest absolute Gasteiger partial charge is 0.430 e. The standard InChI is InChI=1S/C10H10N4O.ClH/c11-9(12)14-10-13-8(6-15-10)7-4-2-1-3-5-7;/h1-6H,(H4,11,12,13,14);1H. The maximum Gasteiger partial charge on any atom is 0.325 e. The molecule has 0 aliphatic rings. The molecule has 1 aromatic heterocycles. The summed E-state index contributed by atoms with van der Waals surface area (Å²) in [7, 11) is 0. The second-order valence-electron chi connectivity index (χ2n) is 2.92. The van der Waals surface area contributed by atoms with Gasteiger partial charge in [-0.2, -0.15) is 9.98 Å². The molecule has 0 aliphatic carbocycles. The fourth-order valence-corrected chi connectivity index (χ4v) is 1.17. The van der Waals surface area contributed by atoms with Crippen LogP contribution in [-0.2, 0) is 0 Å². The van der Waals surface area contributed by atoms with Gasteiger partial charge >= 0.3 is 6.01 Å². The molecule has 0 spiro atoms. The highest BCUT2D eigenvalue weighted by Crippen LogP contribution is 2.21. The minimum atomic E-state index is -0.0727. The van der Waals surface area contributed by atoms with Crippen molar-refractivity contribution in [3.05, 3.63) is 36.6 Å². The number of halogens is 1. The van der Waals surface area contributed by atoms with Gasteiger partial charge in [-0.15, -0.1) is 12.4 Å². The molecule has 0 unspecified atom stereocenters. The first kappa shape index (κ1) is 12.1. The number of hydrogen-bond donors (Lipinski definition) is 2. The summed E-state index contributed by atoms with van der Waals surface area (Å²) in [5, 5.41) is 0. The molecule has 2 aromatic rings. The van der Waals surface area contributed by atoms with Crippen LogP contribution in [0.25, 0.3) is 11.3 Å². The van der Waals surface area contributed by atoms with Crippen molar-refractivity contribution in [3.8, 4) is 11.3 Å². The summed E-state index contributed by atoms with van der Waals surface area (Å²) in [6, 6.07) is 9.79. The number of rotatable bonds is 2. The predicted molar refractivity (Wildman–Crippen MR) is 64.7 cm³/mol. The van der Waals surface area contributed by atoms with Gasteiger partial charge in [0.2, 0.25) is 0 Å². The fraction of sp³-hybridized carbons (Fsp3) is 0. The number of nitrogens with two attached hydrogens (primary N) is 2. The first-order chi connectivity index (χ1) is 7.25. The van der Waals surface area contributed by atoms with Crippen LogP contribution in [0.5, 0.6) is 0 Å². The van der Waals surface area contributed by atoms with E-state index in [9.17, 15) is 0 Å². The molecule has 5 nitrogen and oxygen atoms in total. The molecule has 0 saturated heterocycles. The third-order valence-electron chi connectivity index (χ3n) is 1.79. The van der Waals surface area contributed by atoms with Crippen molar-refractivity contribution in [2.24, 2.45) is 16.5 Å². The van der Waals surface area contributed by atoms with E-state index in [1.807, 2.05) is 30.3 Å². The summed E-state index contributed by atoms with van der Waals surface area (Å²) in [6.45, 7) is 0. The van der Waals surface area contributed by atoms with Gasteiger partial charge < -0.3 is 15.9 Å². The van der Waals surface area contributed by atoms with E-state index < -0.39 is 0 Å². The summed E-state index contributed by atoms with van der Waals surface area (Å²) in [6.07, 6.45) is 1.51. The van der Waals surface area contributed by atoms with Crippen molar-refractivity contribution in [2.45, 2.75) is 0 Å². The zero-order valence-corrected chi connectivity index (χ0v) is 9.15. The van der Waals surface area contributed by atoms with E-state index in [1.165, 1.54) is 6.26 Å². The Morgan fingerprint density at radius 2 is 1.88 bits per heavy atom. The molecular weight excluding hydrogens is 228 g/mol. The quantitative estimate of drug-likeness (QED) is 0.615. The summed E-state index contributed by atoms with van der Waals surface area (Å²) >= 11 is 0. The lowest BCUT2D eigenvalue weighted by Gasteiger charge is -1.91. The lowest BCUT2D eigenvalue weighted by Crippen LogP contribution is -2.21. The smallest absolute Gasteiger partial charge is 0.325 e. The Labute approximate surface area is 98.6 Å². The maximum atomic E-state index is 5.20. The number of aromatic nitrogens is 1. The highest BCUT2D eigenvalue weighted by atomic mass is 35.5. The molecule has 6 heteroatoms. The molecule has 0 saturated carbocycles. The van der Waals surface area contributed by atoms with Crippen LogP contribution in [0.15, 0.2) is 46.0 Å².